The maximum Gasteiger partial charge on any atom is 0.251 e. The predicted molar refractivity (Wildman–Crippen MR) is 64.9 cm³/mol. The van der Waals surface area contributed by atoms with Crippen molar-refractivity contribution in [1.82, 2.24) is 0 Å². The number of carbonyl (C=O) groups excluding carboxylic acids is 2. The first-order chi connectivity index (χ1) is 8.16. The number of imide groups is 1. The van der Waals surface area contributed by atoms with Crippen molar-refractivity contribution in [3.63, 3.8) is 0 Å². The maximum absolute atomic E-state index is 11.7. The second kappa shape index (κ2) is 4.47. The summed E-state index contributed by atoms with van der Waals surface area (Å²) in [6.45, 7) is 0.153. The Labute approximate surface area is 109 Å². The number of anilines is 1. The third-order valence-corrected chi connectivity index (χ3v) is 2.80. The van der Waals surface area contributed by atoms with Crippen LogP contribution in [0.3, 0.4) is 0 Å². The van der Waals surface area contributed by atoms with Crippen molar-refractivity contribution in [1.29, 1.82) is 0 Å². The first-order valence-corrected chi connectivity index (χ1v) is 5.19. The summed E-state index contributed by atoms with van der Waals surface area (Å²) in [4.78, 5) is 24.5. The van der Waals surface area contributed by atoms with E-state index in [4.69, 9.17) is 15.2 Å². The van der Waals surface area contributed by atoms with Crippen molar-refractivity contribution in [2.75, 3.05) is 11.7 Å². The van der Waals surface area contributed by atoms with Crippen LogP contribution in [0.1, 0.15) is 6.42 Å². The Hall–Kier alpha value is -1.79. The zero-order chi connectivity index (χ0) is 12.0. The average molecular weight is 271 g/mol. The summed E-state index contributed by atoms with van der Waals surface area (Å²) in [5.41, 5.74) is 6.01. The molecule has 0 spiro atoms. The smallest absolute Gasteiger partial charge is 0.251 e. The minimum Gasteiger partial charge on any atom is -0.454 e. The van der Waals surface area contributed by atoms with Gasteiger partial charge in [0.2, 0.25) is 12.7 Å². The minimum absolute atomic E-state index is 0. The predicted octanol–water partition coefficient (Wildman–Crippen LogP) is 0.428. The third kappa shape index (κ3) is 1.79. The zero-order valence-corrected chi connectivity index (χ0v) is 10.1. The number of carbonyl (C=O) groups is 2. The molecule has 1 aromatic carbocycles. The van der Waals surface area contributed by atoms with Crippen LogP contribution in [0, 0.1) is 0 Å². The molecule has 1 aromatic rings. The van der Waals surface area contributed by atoms with Gasteiger partial charge in [0.05, 0.1) is 18.2 Å². The summed E-state index contributed by atoms with van der Waals surface area (Å²) in [6, 6.07) is 4.17. The van der Waals surface area contributed by atoms with Crippen LogP contribution in [0.25, 0.3) is 0 Å². The Kier molecular flexibility index (Phi) is 3.14. The van der Waals surface area contributed by atoms with E-state index in [1.165, 1.54) is 0 Å². The van der Waals surface area contributed by atoms with Crippen LogP contribution < -0.4 is 20.1 Å². The largest absolute Gasteiger partial charge is 0.454 e. The Morgan fingerprint density at radius 1 is 1.22 bits per heavy atom. The van der Waals surface area contributed by atoms with Crippen molar-refractivity contribution >= 4 is 29.9 Å². The number of ether oxygens (including phenoxy) is 2. The highest BCUT2D eigenvalue weighted by Gasteiger charge is 2.37. The van der Waals surface area contributed by atoms with Crippen molar-refractivity contribution in [2.24, 2.45) is 5.73 Å². The highest BCUT2D eigenvalue weighted by Crippen LogP contribution is 2.36. The first kappa shape index (κ1) is 12.7. The van der Waals surface area contributed by atoms with Crippen LogP contribution in [0.4, 0.5) is 5.69 Å². The van der Waals surface area contributed by atoms with E-state index >= 15 is 0 Å². The van der Waals surface area contributed by atoms with Crippen molar-refractivity contribution < 1.29 is 19.1 Å². The van der Waals surface area contributed by atoms with E-state index in [0.29, 0.717) is 17.2 Å². The molecule has 0 aromatic heterocycles. The lowest BCUT2D eigenvalue weighted by atomic mass is 10.2. The molecule has 7 heteroatoms. The average Bonchev–Trinajstić information content (AvgIpc) is 2.84. The monoisotopic (exact) mass is 270 g/mol. The van der Waals surface area contributed by atoms with E-state index in [1.807, 2.05) is 0 Å². The number of rotatable bonds is 1. The molecule has 0 radical (unpaired) electrons. The molecule has 2 N–H and O–H groups in total. The zero-order valence-electron chi connectivity index (χ0n) is 9.29. The second-order valence-corrected chi connectivity index (χ2v) is 3.92. The van der Waals surface area contributed by atoms with Crippen LogP contribution in [-0.2, 0) is 9.59 Å². The molecule has 1 fully saturated rings. The van der Waals surface area contributed by atoms with Gasteiger partial charge in [-0.1, -0.05) is 0 Å². The normalized spacial score (nSPS) is 21.2. The van der Waals surface area contributed by atoms with Crippen molar-refractivity contribution in [3.05, 3.63) is 18.2 Å². The summed E-state index contributed by atoms with van der Waals surface area (Å²) >= 11 is 0. The van der Waals surface area contributed by atoms with Gasteiger partial charge < -0.3 is 15.2 Å². The van der Waals surface area contributed by atoms with Gasteiger partial charge in [-0.2, -0.15) is 0 Å². The topological polar surface area (TPSA) is 81.9 Å². The van der Waals surface area contributed by atoms with Crippen LogP contribution >= 0.6 is 12.4 Å². The summed E-state index contributed by atoms with van der Waals surface area (Å²) in [5.74, 6) is 0.468. The van der Waals surface area contributed by atoms with Crippen LogP contribution in [-0.4, -0.2) is 24.6 Å². The standard InChI is InChI=1S/C11H10N2O4.ClH/c12-7-4-10(14)13(11(7)15)6-1-2-8-9(3-6)17-5-16-8;/h1-3,7H,4-5,12H2;1H/t7-;/m1./s1. The fourth-order valence-electron chi connectivity index (χ4n) is 1.95. The van der Waals surface area contributed by atoms with Crippen molar-refractivity contribution in [2.45, 2.75) is 12.5 Å². The van der Waals surface area contributed by atoms with Gasteiger partial charge in [0, 0.05) is 6.07 Å². The second-order valence-electron chi connectivity index (χ2n) is 3.92. The molecule has 0 bridgehead atoms. The number of amides is 2. The fraction of sp³-hybridized carbons (Fsp3) is 0.273. The van der Waals surface area contributed by atoms with Gasteiger partial charge in [-0.25, -0.2) is 4.90 Å². The Balaban J connectivity index is 0.00000120. The highest BCUT2D eigenvalue weighted by atomic mass is 35.5. The molecule has 0 unspecified atom stereocenters. The molecule has 2 aliphatic rings. The molecule has 18 heavy (non-hydrogen) atoms. The summed E-state index contributed by atoms with van der Waals surface area (Å²) in [5, 5.41) is 0. The summed E-state index contributed by atoms with van der Waals surface area (Å²) in [7, 11) is 0. The van der Waals surface area contributed by atoms with Crippen LogP contribution in [0.15, 0.2) is 18.2 Å². The van der Waals surface area contributed by atoms with E-state index in [9.17, 15) is 9.59 Å². The molecule has 1 saturated heterocycles. The van der Waals surface area contributed by atoms with E-state index in [1.54, 1.807) is 18.2 Å². The van der Waals surface area contributed by atoms with E-state index in [0.717, 1.165) is 4.90 Å². The SMILES string of the molecule is Cl.N[C@@H]1CC(=O)N(c2ccc3c(c2)OCO3)C1=O. The van der Waals surface area contributed by atoms with E-state index < -0.39 is 6.04 Å². The Morgan fingerprint density at radius 2 is 1.94 bits per heavy atom. The molecule has 2 heterocycles. The van der Waals surface area contributed by atoms with Crippen LogP contribution in [0.5, 0.6) is 11.5 Å². The number of fused-ring (bicyclic) bond motifs is 1. The molecule has 6 nitrogen and oxygen atoms in total. The van der Waals surface area contributed by atoms with Crippen molar-refractivity contribution in [3.8, 4) is 11.5 Å². The van der Waals surface area contributed by atoms with Crippen LogP contribution in [0.2, 0.25) is 0 Å². The van der Waals surface area contributed by atoms with Gasteiger partial charge in [-0.15, -0.1) is 12.4 Å². The first-order valence-electron chi connectivity index (χ1n) is 5.19. The fourth-order valence-corrected chi connectivity index (χ4v) is 1.95. The number of benzene rings is 1. The quantitative estimate of drug-likeness (QED) is 0.748. The lowest BCUT2D eigenvalue weighted by Crippen LogP contribution is -2.35. The maximum atomic E-state index is 11.7. The number of nitrogens with two attached hydrogens (primary N) is 1. The van der Waals surface area contributed by atoms with Gasteiger partial charge in [0.1, 0.15) is 0 Å². The molecule has 2 aliphatic heterocycles. The molecule has 0 aliphatic carbocycles. The molecule has 3 rings (SSSR count). The molecule has 96 valence electrons. The molecule has 1 atom stereocenters. The van der Waals surface area contributed by atoms with Gasteiger partial charge in [-0.3, -0.25) is 9.59 Å². The lowest BCUT2D eigenvalue weighted by molar-refractivity contribution is -0.121. The third-order valence-electron chi connectivity index (χ3n) is 2.80. The van der Waals surface area contributed by atoms with E-state index in [2.05, 4.69) is 0 Å². The van der Waals surface area contributed by atoms with Gasteiger partial charge in [0.25, 0.3) is 5.91 Å². The van der Waals surface area contributed by atoms with Gasteiger partial charge in [0.15, 0.2) is 11.5 Å². The number of halogens is 1. The molecule has 0 saturated carbocycles. The highest BCUT2D eigenvalue weighted by molar-refractivity contribution is 6.22. The minimum atomic E-state index is -0.743. The summed E-state index contributed by atoms with van der Waals surface area (Å²) < 4.78 is 10.3. The van der Waals surface area contributed by atoms with E-state index in [-0.39, 0.29) is 37.4 Å². The summed E-state index contributed by atoms with van der Waals surface area (Å²) in [6.07, 6.45) is 0.0489. The lowest BCUT2D eigenvalue weighted by Gasteiger charge is -2.14. The number of hydrogen-bond donors (Lipinski definition) is 1. The molecular weight excluding hydrogens is 260 g/mol. The Bertz CT molecular complexity index is 520. The molecular formula is C11H11ClN2O4. The Morgan fingerprint density at radius 3 is 2.61 bits per heavy atom. The number of hydrogen-bond acceptors (Lipinski definition) is 5. The van der Waals surface area contributed by atoms with Gasteiger partial charge in [-0.05, 0) is 12.1 Å². The molecule has 2 amide bonds. The number of nitrogens with zero attached hydrogens (tertiary/aromatic N) is 1. The van der Waals surface area contributed by atoms with Gasteiger partial charge >= 0.3 is 0 Å².